The molecular formula is C15H37NO4. The lowest BCUT2D eigenvalue weighted by Crippen LogP contribution is -2.17. The molecule has 5 nitrogen and oxygen atoms in total. The molecule has 0 aromatic heterocycles. The van der Waals surface area contributed by atoms with E-state index in [4.69, 9.17) is 19.0 Å². The Morgan fingerprint density at radius 1 is 0.600 bits per heavy atom. The molecule has 0 aliphatic rings. The van der Waals surface area contributed by atoms with E-state index in [1.165, 1.54) is 0 Å². The molecule has 0 aliphatic heterocycles. The molecule has 5 heteroatoms. The van der Waals surface area contributed by atoms with Crippen molar-refractivity contribution in [2.75, 3.05) is 60.3 Å². The molecule has 0 amide bonds. The Morgan fingerprint density at radius 2 is 0.950 bits per heavy atom. The molecule has 0 fully saturated rings. The average molecular weight is 295 g/mol. The van der Waals surface area contributed by atoms with Gasteiger partial charge in [-0.05, 0) is 6.42 Å². The maximum Gasteiger partial charge on any atom is 0.0918 e. The van der Waals surface area contributed by atoms with Gasteiger partial charge in [-0.25, -0.2) is 0 Å². The molecule has 0 unspecified atom stereocenters. The number of hydrogen-bond acceptors (Lipinski definition) is 5. The van der Waals surface area contributed by atoms with E-state index < -0.39 is 0 Å². The summed E-state index contributed by atoms with van der Waals surface area (Å²) in [5.41, 5.74) is 0. The lowest BCUT2D eigenvalue weighted by atomic mass is 10.5. The van der Waals surface area contributed by atoms with Crippen LogP contribution in [-0.2, 0) is 19.0 Å². The third-order valence-electron chi connectivity index (χ3n) is 1.67. The highest BCUT2D eigenvalue weighted by Crippen LogP contribution is 1.84. The molecule has 0 radical (unpaired) electrons. The van der Waals surface area contributed by atoms with Crippen molar-refractivity contribution in [1.82, 2.24) is 5.06 Å². The summed E-state index contributed by atoms with van der Waals surface area (Å²) in [4.78, 5) is 5.16. The summed E-state index contributed by atoms with van der Waals surface area (Å²) in [5.74, 6) is 0. The third-order valence-corrected chi connectivity index (χ3v) is 1.67. The molecule has 0 saturated carbocycles. The lowest BCUT2D eigenvalue weighted by molar-refractivity contribution is -0.135. The molecule has 0 heterocycles. The van der Waals surface area contributed by atoms with Crippen LogP contribution in [0.1, 0.15) is 41.0 Å². The average Bonchev–Trinajstić information content (AvgIpc) is 2.48. The van der Waals surface area contributed by atoms with Crippen molar-refractivity contribution in [3.63, 3.8) is 0 Å². The Bertz CT molecular complexity index is 135. The van der Waals surface area contributed by atoms with Gasteiger partial charge in [-0.15, -0.1) is 0 Å². The van der Waals surface area contributed by atoms with Crippen molar-refractivity contribution < 1.29 is 19.0 Å². The van der Waals surface area contributed by atoms with E-state index in [0.717, 1.165) is 13.0 Å². The fourth-order valence-electron chi connectivity index (χ4n) is 0.965. The predicted octanol–water partition coefficient (Wildman–Crippen LogP) is 2.99. The summed E-state index contributed by atoms with van der Waals surface area (Å²) in [7, 11) is 3.69. The Labute approximate surface area is 126 Å². The summed E-state index contributed by atoms with van der Waals surface area (Å²) in [6.07, 6.45) is 1.05. The molecule has 0 spiro atoms. The summed E-state index contributed by atoms with van der Waals surface area (Å²) in [5, 5.41) is 1.66. The van der Waals surface area contributed by atoms with Crippen molar-refractivity contribution >= 4 is 0 Å². The lowest BCUT2D eigenvalue weighted by Gasteiger charge is -2.10. The number of nitrogens with zero attached hydrogens (tertiary/aromatic N) is 1. The smallest absolute Gasteiger partial charge is 0.0918 e. The van der Waals surface area contributed by atoms with E-state index in [2.05, 4.69) is 6.92 Å². The first-order chi connectivity index (χ1) is 9.77. The molecule has 0 N–H and O–H groups in total. The Balaban J connectivity index is -0.000000656. The zero-order valence-electron chi connectivity index (χ0n) is 14.7. The van der Waals surface area contributed by atoms with Crippen LogP contribution >= 0.6 is 0 Å². The van der Waals surface area contributed by atoms with Crippen molar-refractivity contribution in [3.05, 3.63) is 0 Å². The van der Waals surface area contributed by atoms with E-state index in [0.29, 0.717) is 39.6 Å². The van der Waals surface area contributed by atoms with Gasteiger partial charge in [0.1, 0.15) is 0 Å². The summed E-state index contributed by atoms with van der Waals surface area (Å²) in [6.45, 7) is 14.6. The fraction of sp³-hybridized carbons (Fsp3) is 1.00. The van der Waals surface area contributed by atoms with Crippen LogP contribution in [0.25, 0.3) is 0 Å². The zero-order chi connectivity index (χ0) is 16.1. The highest BCUT2D eigenvalue weighted by Gasteiger charge is 1.92. The van der Waals surface area contributed by atoms with Crippen LogP contribution in [-0.4, -0.2) is 65.4 Å². The van der Waals surface area contributed by atoms with Gasteiger partial charge in [0.2, 0.25) is 0 Å². The molecule has 126 valence electrons. The van der Waals surface area contributed by atoms with Gasteiger partial charge in [0, 0.05) is 20.7 Å². The number of ether oxygens (including phenoxy) is 3. The SMILES string of the molecule is CC.CC.CCCOCCOCCOCCON(C)C. The van der Waals surface area contributed by atoms with Gasteiger partial charge >= 0.3 is 0 Å². The van der Waals surface area contributed by atoms with Crippen LogP contribution in [0.4, 0.5) is 0 Å². The standard InChI is InChI=1S/C11H25NO4.2C2H6/c1-4-5-13-6-7-14-8-9-15-10-11-16-12(2)3;2*1-2/h4-11H2,1-3H3;2*1-2H3. The fourth-order valence-corrected chi connectivity index (χ4v) is 0.965. The maximum absolute atomic E-state index is 5.31. The minimum Gasteiger partial charge on any atom is -0.379 e. The summed E-state index contributed by atoms with van der Waals surface area (Å²) < 4.78 is 15.9. The largest absolute Gasteiger partial charge is 0.379 e. The molecule has 0 aromatic rings. The highest BCUT2D eigenvalue weighted by molar-refractivity contribution is 4.34. The molecular weight excluding hydrogens is 258 g/mol. The van der Waals surface area contributed by atoms with Gasteiger partial charge in [-0.3, -0.25) is 4.84 Å². The third kappa shape index (κ3) is 30.7. The van der Waals surface area contributed by atoms with Crippen molar-refractivity contribution in [2.24, 2.45) is 0 Å². The predicted molar refractivity (Wildman–Crippen MR) is 85.1 cm³/mol. The molecule has 0 rings (SSSR count). The Kier molecular flexibility index (Phi) is 33.7. The van der Waals surface area contributed by atoms with Gasteiger partial charge < -0.3 is 14.2 Å². The molecule has 0 aliphatic carbocycles. The second-order valence-electron chi connectivity index (χ2n) is 3.48. The maximum atomic E-state index is 5.31. The van der Waals surface area contributed by atoms with Crippen LogP contribution in [0.15, 0.2) is 0 Å². The minimum atomic E-state index is 0.576. The topological polar surface area (TPSA) is 40.2 Å². The number of hydrogen-bond donors (Lipinski definition) is 0. The van der Waals surface area contributed by atoms with E-state index in [-0.39, 0.29) is 0 Å². The monoisotopic (exact) mass is 295 g/mol. The molecule has 0 saturated heterocycles. The Hall–Kier alpha value is -0.200. The first kappa shape index (κ1) is 24.8. The molecule has 0 atom stereocenters. The normalized spacial score (nSPS) is 9.60. The number of hydroxylamine groups is 2. The zero-order valence-corrected chi connectivity index (χ0v) is 14.7. The summed E-state index contributed by atoms with van der Waals surface area (Å²) >= 11 is 0. The van der Waals surface area contributed by atoms with Crippen LogP contribution in [0.5, 0.6) is 0 Å². The molecule has 0 bridgehead atoms. The van der Waals surface area contributed by atoms with Crippen LogP contribution in [0.3, 0.4) is 0 Å². The van der Waals surface area contributed by atoms with Crippen molar-refractivity contribution in [1.29, 1.82) is 0 Å². The van der Waals surface area contributed by atoms with Crippen LogP contribution < -0.4 is 0 Å². The quantitative estimate of drug-likeness (QED) is 0.409. The molecule has 0 aromatic carbocycles. The van der Waals surface area contributed by atoms with Gasteiger partial charge in [0.25, 0.3) is 0 Å². The van der Waals surface area contributed by atoms with E-state index in [1.54, 1.807) is 5.06 Å². The van der Waals surface area contributed by atoms with Crippen LogP contribution in [0.2, 0.25) is 0 Å². The van der Waals surface area contributed by atoms with E-state index >= 15 is 0 Å². The van der Waals surface area contributed by atoms with Gasteiger partial charge in [0.15, 0.2) is 0 Å². The Morgan fingerprint density at radius 3 is 1.30 bits per heavy atom. The first-order valence-corrected chi connectivity index (χ1v) is 7.80. The van der Waals surface area contributed by atoms with Crippen LogP contribution in [0, 0.1) is 0 Å². The molecule has 20 heavy (non-hydrogen) atoms. The minimum absolute atomic E-state index is 0.576. The first-order valence-electron chi connectivity index (χ1n) is 7.80. The highest BCUT2D eigenvalue weighted by atomic mass is 16.7. The van der Waals surface area contributed by atoms with Gasteiger partial charge in [-0.1, -0.05) is 34.6 Å². The second-order valence-corrected chi connectivity index (χ2v) is 3.48. The number of rotatable bonds is 12. The van der Waals surface area contributed by atoms with Gasteiger partial charge in [0.05, 0.1) is 39.6 Å². The van der Waals surface area contributed by atoms with E-state index in [1.807, 2.05) is 41.8 Å². The van der Waals surface area contributed by atoms with Crippen molar-refractivity contribution in [3.8, 4) is 0 Å². The van der Waals surface area contributed by atoms with Crippen molar-refractivity contribution in [2.45, 2.75) is 41.0 Å². The van der Waals surface area contributed by atoms with E-state index in [9.17, 15) is 0 Å². The second kappa shape index (κ2) is 27.2. The van der Waals surface area contributed by atoms with Gasteiger partial charge in [-0.2, -0.15) is 5.06 Å². The summed E-state index contributed by atoms with van der Waals surface area (Å²) in [6, 6.07) is 0.